The Balaban J connectivity index is 1.88. The minimum atomic E-state index is -0.391. The number of H-pyrrole nitrogens is 1. The van der Waals surface area contributed by atoms with Crippen LogP contribution in [0.25, 0.3) is 0 Å². The van der Waals surface area contributed by atoms with Gasteiger partial charge in [-0.2, -0.15) is 0 Å². The first kappa shape index (κ1) is 16.6. The van der Waals surface area contributed by atoms with Crippen molar-refractivity contribution in [1.29, 1.82) is 0 Å². The van der Waals surface area contributed by atoms with Gasteiger partial charge in [-0.05, 0) is 50.5 Å². The summed E-state index contributed by atoms with van der Waals surface area (Å²) in [5.74, 6) is 1.80. The average Bonchev–Trinajstić information content (AvgIpc) is 2.61. The van der Waals surface area contributed by atoms with Crippen LogP contribution in [0.1, 0.15) is 31.5 Å². The van der Waals surface area contributed by atoms with Crippen LogP contribution in [-0.4, -0.2) is 17.1 Å². The largest absolute Gasteiger partial charge is 0.495 e. The monoisotopic (exact) mass is 349 g/mol. The van der Waals surface area contributed by atoms with Gasteiger partial charge < -0.3 is 15.0 Å². The number of aromatic nitrogens is 2. The topological polar surface area (TPSA) is 67.0 Å². The molecule has 2 aromatic rings. The number of aromatic amines is 1. The van der Waals surface area contributed by atoms with Crippen LogP contribution < -0.4 is 15.6 Å². The first-order valence-corrected chi connectivity index (χ1v) is 8.90. The summed E-state index contributed by atoms with van der Waals surface area (Å²) in [6.07, 6.45) is 7.91. The molecule has 0 unspecified atom stereocenters. The zero-order chi connectivity index (χ0) is 18.3. The minimum Gasteiger partial charge on any atom is -0.495 e. The molecule has 0 saturated carbocycles. The van der Waals surface area contributed by atoms with Crippen LogP contribution >= 0.6 is 0 Å². The lowest BCUT2D eigenvalue weighted by Gasteiger charge is -2.48. The van der Waals surface area contributed by atoms with Gasteiger partial charge in [-0.1, -0.05) is 17.7 Å². The highest BCUT2D eigenvalue weighted by Crippen LogP contribution is 2.50. The van der Waals surface area contributed by atoms with Gasteiger partial charge in [0.05, 0.1) is 18.8 Å². The Morgan fingerprint density at radius 2 is 2.19 bits per heavy atom. The van der Waals surface area contributed by atoms with Crippen LogP contribution in [0.2, 0.25) is 0 Å². The fraction of sp³-hybridized carbons (Fsp3) is 0.333. The standard InChI is InChI=1S/C21H23N3O2/c1-4-16-14-9-13(2)11-21(16,17-6-8-20(25)23-18(17)10-14)24-19-7-5-15(26-3)12-22-19/h4-9,12,14H,10-11H2,1-3H3,(H,22,24)(H,23,25)/b16-4+/t14-,21+/m0/s1. The number of rotatable bonds is 3. The zero-order valence-corrected chi connectivity index (χ0v) is 15.3. The molecule has 5 nitrogen and oxygen atoms in total. The van der Waals surface area contributed by atoms with Crippen LogP contribution in [0.3, 0.4) is 0 Å². The fourth-order valence-electron chi connectivity index (χ4n) is 4.48. The van der Waals surface area contributed by atoms with E-state index in [1.807, 2.05) is 18.2 Å². The van der Waals surface area contributed by atoms with Gasteiger partial charge in [0.25, 0.3) is 0 Å². The second kappa shape index (κ2) is 6.16. The molecule has 2 atom stereocenters. The molecule has 0 amide bonds. The maximum absolute atomic E-state index is 11.9. The van der Waals surface area contributed by atoms with Crippen molar-refractivity contribution in [2.75, 3.05) is 12.4 Å². The number of methoxy groups -OCH3 is 1. The van der Waals surface area contributed by atoms with E-state index >= 15 is 0 Å². The molecule has 5 heteroatoms. The molecule has 0 spiro atoms. The Kier molecular flexibility index (Phi) is 3.94. The molecule has 2 bridgehead atoms. The lowest BCUT2D eigenvalue weighted by molar-refractivity contribution is 0.412. The van der Waals surface area contributed by atoms with Gasteiger partial charge in [-0.25, -0.2) is 4.98 Å². The van der Waals surface area contributed by atoms with Crippen LogP contribution in [0.15, 0.2) is 58.6 Å². The van der Waals surface area contributed by atoms with Crippen molar-refractivity contribution >= 4 is 5.82 Å². The zero-order valence-electron chi connectivity index (χ0n) is 15.3. The van der Waals surface area contributed by atoms with Crippen molar-refractivity contribution in [2.45, 2.75) is 32.2 Å². The Morgan fingerprint density at radius 1 is 1.35 bits per heavy atom. The number of allylic oxidation sites excluding steroid dienone is 2. The Morgan fingerprint density at radius 3 is 2.88 bits per heavy atom. The third kappa shape index (κ3) is 2.55. The molecule has 2 aliphatic carbocycles. The highest BCUT2D eigenvalue weighted by atomic mass is 16.5. The summed E-state index contributed by atoms with van der Waals surface area (Å²) in [6.45, 7) is 4.26. The van der Waals surface area contributed by atoms with E-state index in [4.69, 9.17) is 4.74 Å². The average molecular weight is 349 g/mol. The van der Waals surface area contributed by atoms with Crippen molar-refractivity contribution in [1.82, 2.24) is 9.97 Å². The molecule has 26 heavy (non-hydrogen) atoms. The van der Waals surface area contributed by atoms with E-state index < -0.39 is 5.54 Å². The molecule has 0 radical (unpaired) electrons. The molecule has 134 valence electrons. The van der Waals surface area contributed by atoms with Crippen molar-refractivity contribution < 1.29 is 4.74 Å². The van der Waals surface area contributed by atoms with Gasteiger partial charge in [0, 0.05) is 23.2 Å². The summed E-state index contributed by atoms with van der Waals surface area (Å²) in [5.41, 5.74) is 4.38. The molecule has 4 rings (SSSR count). The van der Waals surface area contributed by atoms with Crippen molar-refractivity contribution in [3.8, 4) is 5.75 Å². The third-order valence-corrected chi connectivity index (χ3v) is 5.43. The smallest absolute Gasteiger partial charge is 0.248 e. The normalized spacial score (nSPS) is 25.4. The van der Waals surface area contributed by atoms with E-state index in [0.29, 0.717) is 0 Å². The Hall–Kier alpha value is -2.82. The molecule has 0 fully saturated rings. The second-order valence-corrected chi connectivity index (χ2v) is 7.07. The number of ether oxygens (including phenoxy) is 1. The van der Waals surface area contributed by atoms with Crippen molar-refractivity contribution in [3.05, 3.63) is 75.4 Å². The second-order valence-electron chi connectivity index (χ2n) is 7.07. The van der Waals surface area contributed by atoms with Gasteiger partial charge in [0.15, 0.2) is 0 Å². The van der Waals surface area contributed by atoms with E-state index in [1.165, 1.54) is 11.1 Å². The van der Waals surface area contributed by atoms with Crippen LogP contribution in [-0.2, 0) is 12.0 Å². The number of nitrogens with one attached hydrogen (secondary N) is 2. The van der Waals surface area contributed by atoms with Crippen LogP contribution in [0.4, 0.5) is 5.82 Å². The molecule has 2 aromatic heterocycles. The molecular formula is C21H23N3O2. The maximum Gasteiger partial charge on any atom is 0.248 e. The lowest BCUT2D eigenvalue weighted by Crippen LogP contribution is -2.47. The van der Waals surface area contributed by atoms with Crippen LogP contribution in [0, 0.1) is 5.92 Å². The summed E-state index contributed by atoms with van der Waals surface area (Å²) in [6, 6.07) is 7.42. The van der Waals surface area contributed by atoms with Gasteiger partial charge in [-0.3, -0.25) is 4.79 Å². The SMILES string of the molecule is C/C=C1\[C@H]2C=C(C)C[C@]1(Nc1ccc(OC)cn1)c1ccc(=O)[nH]c1C2. The fourth-order valence-corrected chi connectivity index (χ4v) is 4.48. The Labute approximate surface area is 152 Å². The number of hydrogen-bond acceptors (Lipinski definition) is 4. The number of fused-ring (bicyclic) bond motifs is 4. The van der Waals surface area contributed by atoms with Gasteiger partial charge in [0.1, 0.15) is 11.6 Å². The first-order valence-electron chi connectivity index (χ1n) is 8.90. The predicted octanol–water partition coefficient (Wildman–Crippen LogP) is 3.55. The van der Waals surface area contributed by atoms with Crippen molar-refractivity contribution in [2.24, 2.45) is 5.92 Å². The first-order chi connectivity index (χ1) is 12.6. The Bertz CT molecular complexity index is 956. The number of hydrogen-bond donors (Lipinski definition) is 2. The molecular weight excluding hydrogens is 326 g/mol. The highest BCUT2D eigenvalue weighted by molar-refractivity contribution is 5.57. The highest BCUT2D eigenvalue weighted by Gasteiger charge is 2.46. The van der Waals surface area contributed by atoms with Gasteiger partial charge >= 0.3 is 0 Å². The third-order valence-electron chi connectivity index (χ3n) is 5.43. The van der Waals surface area contributed by atoms with Crippen molar-refractivity contribution in [3.63, 3.8) is 0 Å². The summed E-state index contributed by atoms with van der Waals surface area (Å²) in [5, 5.41) is 3.69. The number of pyridine rings is 2. The molecule has 0 aromatic carbocycles. The van der Waals surface area contributed by atoms with E-state index in [-0.39, 0.29) is 11.5 Å². The molecule has 2 aliphatic rings. The molecule has 2 heterocycles. The molecule has 0 aliphatic heterocycles. The van der Waals surface area contributed by atoms with E-state index in [2.05, 4.69) is 41.3 Å². The number of nitrogens with zero attached hydrogens (tertiary/aromatic N) is 1. The van der Waals surface area contributed by atoms with E-state index in [9.17, 15) is 4.79 Å². The van der Waals surface area contributed by atoms with Gasteiger partial charge in [0.2, 0.25) is 5.56 Å². The summed E-state index contributed by atoms with van der Waals surface area (Å²) >= 11 is 0. The molecule has 2 N–H and O–H groups in total. The molecule has 0 saturated heterocycles. The minimum absolute atomic E-state index is 0.0517. The van der Waals surface area contributed by atoms with E-state index in [1.54, 1.807) is 19.4 Å². The summed E-state index contributed by atoms with van der Waals surface area (Å²) < 4.78 is 5.22. The van der Waals surface area contributed by atoms with E-state index in [0.717, 1.165) is 35.7 Å². The predicted molar refractivity (Wildman–Crippen MR) is 102 cm³/mol. The quantitative estimate of drug-likeness (QED) is 0.832. The lowest BCUT2D eigenvalue weighted by atomic mass is 9.63. The maximum atomic E-state index is 11.9. The summed E-state index contributed by atoms with van der Waals surface area (Å²) in [7, 11) is 1.63. The number of anilines is 1. The van der Waals surface area contributed by atoms with Gasteiger partial charge in [-0.15, -0.1) is 0 Å². The summed E-state index contributed by atoms with van der Waals surface area (Å²) in [4.78, 5) is 19.4. The van der Waals surface area contributed by atoms with Crippen LogP contribution in [0.5, 0.6) is 5.75 Å².